The number of amides is 1. The molecule has 1 aromatic carbocycles. The molecule has 1 heterocycles. The Morgan fingerprint density at radius 1 is 1.52 bits per heavy atom. The summed E-state index contributed by atoms with van der Waals surface area (Å²) in [4.78, 5) is 24.5. The quantitative estimate of drug-likeness (QED) is 0.648. The van der Waals surface area contributed by atoms with E-state index in [0.29, 0.717) is 0 Å². The average Bonchev–Trinajstić information content (AvgIpc) is 2.41. The number of benzene rings is 1. The van der Waals surface area contributed by atoms with Gasteiger partial charge in [0.1, 0.15) is 0 Å². The maximum Gasteiger partial charge on any atom is 0.311 e. The fraction of sp³-hybridized carbons (Fsp3) is 0.500. The zero-order valence-corrected chi connectivity index (χ0v) is 12.1. The Kier molecular flexibility index (Phi) is 4.42. The number of nitro groups is 1. The third kappa shape index (κ3) is 3.30. The Balaban J connectivity index is 2.14. The fourth-order valence-electron chi connectivity index (χ4n) is 2.68. The number of piperidine rings is 1. The highest BCUT2D eigenvalue weighted by Crippen LogP contribution is 2.29. The first kappa shape index (κ1) is 15.2. The molecule has 0 aromatic heterocycles. The Hall–Kier alpha value is -2.15. The minimum atomic E-state index is -0.704. The van der Waals surface area contributed by atoms with Gasteiger partial charge in [0.2, 0.25) is 5.75 Å². The lowest BCUT2D eigenvalue weighted by Gasteiger charge is -2.35. The second kappa shape index (κ2) is 6.09. The van der Waals surface area contributed by atoms with Crippen molar-refractivity contribution in [2.24, 2.45) is 5.92 Å². The number of nitro benzene ring substituents is 1. The van der Waals surface area contributed by atoms with Crippen LogP contribution in [-0.2, 0) is 0 Å². The molecule has 7 nitrogen and oxygen atoms in total. The summed E-state index contributed by atoms with van der Waals surface area (Å²) in [6, 6.07) is 3.96. The normalized spacial score (nSPS) is 22.8. The van der Waals surface area contributed by atoms with E-state index in [-0.39, 0.29) is 17.5 Å². The molecule has 2 atom stereocenters. The van der Waals surface area contributed by atoms with Gasteiger partial charge in [0.15, 0.2) is 0 Å². The molecule has 7 heteroatoms. The monoisotopic (exact) mass is 293 g/mol. The maximum absolute atomic E-state index is 12.2. The lowest BCUT2D eigenvalue weighted by atomic mass is 9.94. The van der Waals surface area contributed by atoms with Gasteiger partial charge in [0.25, 0.3) is 5.91 Å². The molecule has 114 valence electrons. The molecule has 1 aliphatic heterocycles. The number of nitrogens with one attached hydrogen (secondary N) is 1. The summed E-state index contributed by atoms with van der Waals surface area (Å²) >= 11 is 0. The first-order valence-electron chi connectivity index (χ1n) is 6.86. The topological polar surface area (TPSA) is 95.7 Å². The third-order valence-corrected chi connectivity index (χ3v) is 3.88. The molecule has 2 N–H and O–H groups in total. The van der Waals surface area contributed by atoms with E-state index in [1.54, 1.807) is 0 Å². The van der Waals surface area contributed by atoms with Gasteiger partial charge in [-0.3, -0.25) is 14.9 Å². The molecule has 0 bridgehead atoms. The Morgan fingerprint density at radius 3 is 2.86 bits per heavy atom. The minimum Gasteiger partial charge on any atom is -0.502 e. The van der Waals surface area contributed by atoms with Crippen LogP contribution in [0.5, 0.6) is 5.75 Å². The van der Waals surface area contributed by atoms with Crippen LogP contribution < -0.4 is 5.32 Å². The predicted molar refractivity (Wildman–Crippen MR) is 77.3 cm³/mol. The molecular weight excluding hydrogens is 274 g/mol. The molecule has 0 radical (unpaired) electrons. The van der Waals surface area contributed by atoms with Crippen molar-refractivity contribution in [2.45, 2.75) is 19.4 Å². The van der Waals surface area contributed by atoms with Gasteiger partial charge in [-0.2, -0.15) is 0 Å². The van der Waals surface area contributed by atoms with Crippen LogP contribution in [0.2, 0.25) is 0 Å². The first-order valence-corrected chi connectivity index (χ1v) is 6.86. The van der Waals surface area contributed by atoms with Crippen LogP contribution in [0.4, 0.5) is 5.69 Å². The van der Waals surface area contributed by atoms with Crippen LogP contribution in [0.1, 0.15) is 23.7 Å². The molecule has 0 aliphatic carbocycles. The van der Waals surface area contributed by atoms with Crippen LogP contribution in [0.15, 0.2) is 18.2 Å². The molecule has 2 rings (SSSR count). The van der Waals surface area contributed by atoms with Crippen molar-refractivity contribution in [3.05, 3.63) is 33.9 Å². The van der Waals surface area contributed by atoms with Crippen molar-refractivity contribution >= 4 is 11.6 Å². The van der Waals surface area contributed by atoms with E-state index in [0.717, 1.165) is 19.5 Å². The number of phenolic OH excluding ortho intramolecular Hbond substituents is 1. The van der Waals surface area contributed by atoms with E-state index in [1.165, 1.54) is 18.2 Å². The van der Waals surface area contributed by atoms with E-state index in [9.17, 15) is 20.0 Å². The smallest absolute Gasteiger partial charge is 0.311 e. The summed E-state index contributed by atoms with van der Waals surface area (Å²) in [5, 5.41) is 23.5. The Labute approximate surface area is 122 Å². The number of nitrogens with zero attached hydrogens (tertiary/aromatic N) is 2. The summed E-state index contributed by atoms with van der Waals surface area (Å²) in [7, 11) is 2.03. The lowest BCUT2D eigenvalue weighted by Crippen LogP contribution is -2.48. The van der Waals surface area contributed by atoms with E-state index >= 15 is 0 Å². The van der Waals surface area contributed by atoms with Crippen molar-refractivity contribution in [3.8, 4) is 5.75 Å². The maximum atomic E-state index is 12.2. The zero-order valence-electron chi connectivity index (χ0n) is 12.1. The van der Waals surface area contributed by atoms with Gasteiger partial charge in [-0.05, 0) is 32.0 Å². The lowest BCUT2D eigenvalue weighted by molar-refractivity contribution is -0.385. The van der Waals surface area contributed by atoms with Crippen LogP contribution in [0.25, 0.3) is 0 Å². The van der Waals surface area contributed by atoms with Crippen LogP contribution in [0.3, 0.4) is 0 Å². The van der Waals surface area contributed by atoms with Gasteiger partial charge in [-0.25, -0.2) is 0 Å². The zero-order chi connectivity index (χ0) is 15.6. The molecule has 1 amide bonds. The van der Waals surface area contributed by atoms with Crippen molar-refractivity contribution in [2.75, 3.05) is 20.1 Å². The predicted octanol–water partition coefficient (Wildman–Crippen LogP) is 1.37. The van der Waals surface area contributed by atoms with Gasteiger partial charge in [-0.15, -0.1) is 0 Å². The highest BCUT2D eigenvalue weighted by Gasteiger charge is 2.28. The van der Waals surface area contributed by atoms with Crippen LogP contribution in [0, 0.1) is 16.0 Å². The second-order valence-electron chi connectivity index (χ2n) is 5.54. The summed E-state index contributed by atoms with van der Waals surface area (Å²) in [5.74, 6) is -0.772. The molecule has 0 saturated carbocycles. The van der Waals surface area contributed by atoms with Crippen molar-refractivity contribution < 1.29 is 14.8 Å². The number of carbonyl (C=O) groups excluding carboxylic acids is 1. The van der Waals surface area contributed by atoms with Gasteiger partial charge >= 0.3 is 5.69 Å². The molecule has 1 fully saturated rings. The Bertz CT molecular complexity index is 561. The molecule has 21 heavy (non-hydrogen) atoms. The van der Waals surface area contributed by atoms with E-state index in [1.807, 2.05) is 14.0 Å². The van der Waals surface area contributed by atoms with Gasteiger partial charge in [0, 0.05) is 18.7 Å². The number of para-hydroxylation sites is 1. The highest BCUT2D eigenvalue weighted by molar-refractivity contribution is 5.98. The number of likely N-dealkylation sites (tertiary alicyclic amines) is 1. The standard InChI is InChI=1S/C14H19N3O4/c1-9-8-16(2)7-6-11(9)15-14(19)10-4-3-5-12(13(10)18)17(20)21/h3-5,9,11,18H,6-8H2,1-2H3,(H,15,19). The summed E-state index contributed by atoms with van der Waals surface area (Å²) < 4.78 is 0. The minimum absolute atomic E-state index is 0.00682. The average molecular weight is 293 g/mol. The Morgan fingerprint density at radius 2 is 2.24 bits per heavy atom. The molecule has 1 saturated heterocycles. The van der Waals surface area contributed by atoms with Crippen LogP contribution in [-0.4, -0.2) is 47.0 Å². The fourth-order valence-corrected chi connectivity index (χ4v) is 2.68. The highest BCUT2D eigenvalue weighted by atomic mass is 16.6. The summed E-state index contributed by atoms with van der Waals surface area (Å²) in [5.41, 5.74) is -0.519. The molecule has 0 spiro atoms. The SMILES string of the molecule is CC1CN(C)CCC1NC(=O)c1cccc([N+](=O)[O-])c1O. The van der Waals surface area contributed by atoms with E-state index in [2.05, 4.69) is 10.2 Å². The summed E-state index contributed by atoms with van der Waals surface area (Å²) in [6.07, 6.45) is 0.819. The number of phenols is 1. The van der Waals surface area contributed by atoms with Crippen molar-refractivity contribution in [1.29, 1.82) is 0 Å². The molecule has 2 unspecified atom stereocenters. The molecular formula is C14H19N3O4. The second-order valence-corrected chi connectivity index (χ2v) is 5.54. The largest absolute Gasteiger partial charge is 0.502 e. The molecule has 1 aliphatic rings. The third-order valence-electron chi connectivity index (χ3n) is 3.88. The van der Waals surface area contributed by atoms with Gasteiger partial charge < -0.3 is 15.3 Å². The number of hydrogen-bond donors (Lipinski definition) is 2. The van der Waals surface area contributed by atoms with Gasteiger partial charge in [0.05, 0.1) is 10.5 Å². The van der Waals surface area contributed by atoms with E-state index in [4.69, 9.17) is 0 Å². The number of rotatable bonds is 3. The van der Waals surface area contributed by atoms with Gasteiger partial charge in [-0.1, -0.05) is 13.0 Å². The van der Waals surface area contributed by atoms with Crippen molar-refractivity contribution in [1.82, 2.24) is 10.2 Å². The number of aromatic hydroxyl groups is 1. The van der Waals surface area contributed by atoms with Crippen LogP contribution >= 0.6 is 0 Å². The molecule has 1 aromatic rings. The summed E-state index contributed by atoms with van der Waals surface area (Å²) in [6.45, 7) is 3.82. The first-order chi connectivity index (χ1) is 9.90. The number of hydrogen-bond acceptors (Lipinski definition) is 5. The number of carbonyl (C=O) groups is 1. The van der Waals surface area contributed by atoms with Crippen molar-refractivity contribution in [3.63, 3.8) is 0 Å². The van der Waals surface area contributed by atoms with E-state index < -0.39 is 22.3 Å².